The summed E-state index contributed by atoms with van der Waals surface area (Å²) in [6.45, 7) is 2.00. The van der Waals surface area contributed by atoms with Crippen LogP contribution >= 0.6 is 0 Å². The summed E-state index contributed by atoms with van der Waals surface area (Å²) in [5, 5.41) is 2.91. The number of hydrogen-bond acceptors (Lipinski definition) is 5. The minimum absolute atomic E-state index is 0.0217. The van der Waals surface area contributed by atoms with Crippen LogP contribution in [-0.4, -0.2) is 41.4 Å². The van der Waals surface area contributed by atoms with E-state index in [0.717, 1.165) is 5.56 Å². The van der Waals surface area contributed by atoms with E-state index >= 15 is 0 Å². The van der Waals surface area contributed by atoms with Gasteiger partial charge >= 0.3 is 0 Å². The zero-order valence-electron chi connectivity index (χ0n) is 9.11. The number of amides is 1. The molecular weight excluding hydrogens is 194 g/mol. The van der Waals surface area contributed by atoms with Crippen LogP contribution in [0.15, 0.2) is 6.33 Å². The molecule has 0 saturated heterocycles. The minimum atomic E-state index is -0.0217. The molecule has 82 valence electrons. The Morgan fingerprint density at radius 3 is 2.80 bits per heavy atom. The molecule has 0 aromatic carbocycles. The van der Waals surface area contributed by atoms with Crippen LogP contribution in [0.2, 0.25) is 0 Å². The Morgan fingerprint density at radius 1 is 1.53 bits per heavy atom. The highest BCUT2D eigenvalue weighted by Gasteiger charge is 2.07. The number of nitrogens with zero attached hydrogens (tertiary/aromatic N) is 3. The minimum Gasteiger partial charge on any atom is -0.383 e. The number of carbonyl (C=O) groups is 1. The largest absolute Gasteiger partial charge is 0.383 e. The molecule has 0 spiro atoms. The third kappa shape index (κ3) is 2.80. The van der Waals surface area contributed by atoms with Crippen LogP contribution in [0, 0.1) is 6.92 Å². The Bertz CT molecular complexity index is 364. The summed E-state index contributed by atoms with van der Waals surface area (Å²) in [6, 6.07) is 0. The molecule has 0 saturated carbocycles. The first-order chi connectivity index (χ1) is 7.02. The molecule has 0 atom stereocenters. The van der Waals surface area contributed by atoms with Gasteiger partial charge in [-0.1, -0.05) is 0 Å². The molecule has 6 heteroatoms. The van der Waals surface area contributed by atoms with Gasteiger partial charge in [0.15, 0.2) is 0 Å². The number of carbonyl (C=O) groups excluding carboxylic acids is 1. The topological polar surface area (TPSA) is 84.1 Å². The predicted octanol–water partition coefficient (Wildman–Crippen LogP) is -0.133. The van der Waals surface area contributed by atoms with Crippen molar-refractivity contribution in [3.63, 3.8) is 0 Å². The predicted molar refractivity (Wildman–Crippen MR) is 58.4 cm³/mol. The molecule has 15 heavy (non-hydrogen) atoms. The van der Waals surface area contributed by atoms with E-state index < -0.39 is 0 Å². The fourth-order valence-electron chi connectivity index (χ4n) is 0.959. The van der Waals surface area contributed by atoms with E-state index in [0.29, 0.717) is 11.6 Å². The van der Waals surface area contributed by atoms with E-state index in [1.165, 1.54) is 11.2 Å². The molecule has 0 unspecified atom stereocenters. The van der Waals surface area contributed by atoms with Crippen LogP contribution in [0.4, 0.5) is 11.6 Å². The molecule has 1 aromatic heterocycles. The fourth-order valence-corrected chi connectivity index (χ4v) is 0.959. The molecule has 1 aromatic rings. The van der Waals surface area contributed by atoms with E-state index in [2.05, 4.69) is 15.3 Å². The van der Waals surface area contributed by atoms with Gasteiger partial charge in [0.05, 0.1) is 6.54 Å². The van der Waals surface area contributed by atoms with Gasteiger partial charge in [0.2, 0.25) is 5.91 Å². The van der Waals surface area contributed by atoms with Gasteiger partial charge in [0.1, 0.15) is 18.0 Å². The van der Waals surface area contributed by atoms with Crippen molar-refractivity contribution < 1.29 is 4.79 Å². The number of nitrogen functional groups attached to an aromatic ring is 1. The number of aromatic nitrogens is 2. The lowest BCUT2D eigenvalue weighted by Gasteiger charge is -2.12. The molecule has 0 aliphatic carbocycles. The summed E-state index contributed by atoms with van der Waals surface area (Å²) < 4.78 is 0. The first-order valence-corrected chi connectivity index (χ1v) is 4.53. The number of rotatable bonds is 3. The summed E-state index contributed by atoms with van der Waals surface area (Å²) in [7, 11) is 3.40. The second kappa shape index (κ2) is 4.59. The molecule has 6 nitrogen and oxygen atoms in total. The zero-order valence-corrected chi connectivity index (χ0v) is 9.11. The molecule has 1 heterocycles. The maximum atomic E-state index is 11.3. The van der Waals surface area contributed by atoms with Gasteiger partial charge in [0, 0.05) is 19.7 Å². The van der Waals surface area contributed by atoms with E-state index in [-0.39, 0.29) is 12.5 Å². The highest BCUT2D eigenvalue weighted by molar-refractivity contribution is 5.80. The molecule has 0 radical (unpaired) electrons. The molecule has 0 bridgehead atoms. The highest BCUT2D eigenvalue weighted by Crippen LogP contribution is 2.14. The average Bonchev–Trinajstić information content (AvgIpc) is 2.19. The smallest absolute Gasteiger partial charge is 0.241 e. The summed E-state index contributed by atoms with van der Waals surface area (Å²) in [6.07, 6.45) is 1.37. The second-order valence-corrected chi connectivity index (χ2v) is 3.37. The van der Waals surface area contributed by atoms with Crippen molar-refractivity contribution in [3.8, 4) is 0 Å². The van der Waals surface area contributed by atoms with E-state index in [1.54, 1.807) is 21.0 Å². The fraction of sp³-hybridized carbons (Fsp3) is 0.444. The quantitative estimate of drug-likeness (QED) is 0.724. The molecule has 0 aliphatic heterocycles. The lowest BCUT2D eigenvalue weighted by atomic mass is 10.3. The summed E-state index contributed by atoms with van der Waals surface area (Å²) in [5.74, 6) is 0.995. The standard InChI is InChI=1S/C9H15N5O/c1-6-8(10)12-5-13-9(6)11-4-7(15)14(2)3/h5H,4H2,1-3H3,(H3,10,11,12,13). The van der Waals surface area contributed by atoms with Gasteiger partial charge < -0.3 is 16.0 Å². The maximum Gasteiger partial charge on any atom is 0.241 e. The van der Waals surface area contributed by atoms with Crippen LogP contribution in [0.1, 0.15) is 5.56 Å². The van der Waals surface area contributed by atoms with Crippen molar-refractivity contribution in [3.05, 3.63) is 11.9 Å². The Balaban J connectivity index is 2.66. The zero-order chi connectivity index (χ0) is 11.4. The van der Waals surface area contributed by atoms with Crippen LogP contribution in [-0.2, 0) is 4.79 Å². The maximum absolute atomic E-state index is 11.3. The normalized spacial score (nSPS) is 9.80. The number of nitrogens with one attached hydrogen (secondary N) is 1. The molecule has 3 N–H and O–H groups in total. The average molecular weight is 209 g/mol. The van der Waals surface area contributed by atoms with Crippen molar-refractivity contribution in [1.29, 1.82) is 0 Å². The van der Waals surface area contributed by atoms with Crippen LogP contribution < -0.4 is 11.1 Å². The van der Waals surface area contributed by atoms with E-state index in [4.69, 9.17) is 5.73 Å². The van der Waals surface area contributed by atoms with Gasteiger partial charge in [-0.15, -0.1) is 0 Å². The van der Waals surface area contributed by atoms with Crippen LogP contribution in [0.5, 0.6) is 0 Å². The number of nitrogens with two attached hydrogens (primary N) is 1. The van der Waals surface area contributed by atoms with Gasteiger partial charge in [-0.05, 0) is 6.92 Å². The lowest BCUT2D eigenvalue weighted by molar-refractivity contribution is -0.126. The third-order valence-corrected chi connectivity index (χ3v) is 2.03. The summed E-state index contributed by atoms with van der Waals surface area (Å²) in [5.41, 5.74) is 6.35. The Morgan fingerprint density at radius 2 is 2.20 bits per heavy atom. The molecule has 1 rings (SSSR count). The van der Waals surface area contributed by atoms with Gasteiger partial charge in [-0.3, -0.25) is 4.79 Å². The first kappa shape index (κ1) is 11.2. The van der Waals surface area contributed by atoms with Crippen molar-refractivity contribution >= 4 is 17.5 Å². The molecule has 0 aliphatic rings. The Labute approximate surface area is 88.5 Å². The van der Waals surface area contributed by atoms with Crippen LogP contribution in [0.25, 0.3) is 0 Å². The summed E-state index contributed by atoms with van der Waals surface area (Å²) >= 11 is 0. The van der Waals surface area contributed by atoms with Gasteiger partial charge in [-0.25, -0.2) is 9.97 Å². The number of anilines is 2. The van der Waals surface area contributed by atoms with Crippen LogP contribution in [0.3, 0.4) is 0 Å². The number of likely N-dealkylation sites (N-methyl/N-ethyl adjacent to an activating group) is 1. The van der Waals surface area contributed by atoms with Gasteiger partial charge in [-0.2, -0.15) is 0 Å². The monoisotopic (exact) mass is 209 g/mol. The molecule has 0 fully saturated rings. The number of hydrogen-bond donors (Lipinski definition) is 2. The first-order valence-electron chi connectivity index (χ1n) is 4.53. The molecule has 1 amide bonds. The SMILES string of the molecule is Cc1c(N)ncnc1NCC(=O)N(C)C. The van der Waals surface area contributed by atoms with Crippen molar-refractivity contribution in [2.24, 2.45) is 0 Å². The van der Waals surface area contributed by atoms with Crippen molar-refractivity contribution in [2.45, 2.75) is 6.92 Å². The van der Waals surface area contributed by atoms with Crippen molar-refractivity contribution in [2.75, 3.05) is 31.7 Å². The Kier molecular flexibility index (Phi) is 3.43. The highest BCUT2D eigenvalue weighted by atomic mass is 16.2. The lowest BCUT2D eigenvalue weighted by Crippen LogP contribution is -2.29. The Hall–Kier alpha value is -1.85. The van der Waals surface area contributed by atoms with Crippen molar-refractivity contribution in [1.82, 2.24) is 14.9 Å². The summed E-state index contributed by atoms with van der Waals surface area (Å²) in [4.78, 5) is 20.6. The second-order valence-electron chi connectivity index (χ2n) is 3.37. The molecular formula is C9H15N5O. The van der Waals surface area contributed by atoms with E-state index in [9.17, 15) is 4.79 Å². The van der Waals surface area contributed by atoms with Gasteiger partial charge in [0.25, 0.3) is 0 Å². The third-order valence-electron chi connectivity index (χ3n) is 2.03. The van der Waals surface area contributed by atoms with E-state index in [1.807, 2.05) is 0 Å².